The van der Waals surface area contributed by atoms with Crippen molar-refractivity contribution in [3.63, 3.8) is 0 Å². The molecule has 0 bridgehead atoms. The van der Waals surface area contributed by atoms with Gasteiger partial charge in [0.2, 0.25) is 11.7 Å². The minimum atomic E-state index is -1.01. The Morgan fingerprint density at radius 1 is 1.12 bits per heavy atom. The van der Waals surface area contributed by atoms with Crippen LogP contribution >= 0.6 is 0 Å². The SMILES string of the molecule is Cc1ccc(N2C(=O)[C@@H]3[C@@H](N=NN3Cc3nc(-c4ccc(OC(C)C)cc4)no3)C2=O)cc1F. The van der Waals surface area contributed by atoms with E-state index >= 15 is 0 Å². The van der Waals surface area contributed by atoms with Gasteiger partial charge in [0, 0.05) is 5.56 Å². The van der Waals surface area contributed by atoms with Crippen LogP contribution in [0.15, 0.2) is 57.3 Å². The van der Waals surface area contributed by atoms with Gasteiger partial charge in [0.15, 0.2) is 12.1 Å². The molecule has 3 aromatic rings. The predicted molar refractivity (Wildman–Crippen MR) is 117 cm³/mol. The number of aryl methyl sites for hydroxylation is 1. The molecule has 11 heteroatoms. The van der Waals surface area contributed by atoms with Crippen molar-refractivity contribution in [1.29, 1.82) is 0 Å². The van der Waals surface area contributed by atoms with E-state index in [1.807, 2.05) is 38.1 Å². The van der Waals surface area contributed by atoms with Crippen molar-refractivity contribution in [2.75, 3.05) is 4.90 Å². The maximum absolute atomic E-state index is 14.0. The van der Waals surface area contributed by atoms with Gasteiger partial charge in [-0.2, -0.15) is 10.1 Å². The first-order valence-corrected chi connectivity index (χ1v) is 10.7. The lowest BCUT2D eigenvalue weighted by Crippen LogP contribution is -2.39. The highest BCUT2D eigenvalue weighted by atomic mass is 19.1. The first-order chi connectivity index (χ1) is 16.3. The molecule has 0 radical (unpaired) electrons. The Labute approximate surface area is 194 Å². The molecule has 2 aromatic carbocycles. The van der Waals surface area contributed by atoms with Crippen LogP contribution in [0.25, 0.3) is 11.4 Å². The maximum Gasteiger partial charge on any atom is 0.263 e. The van der Waals surface area contributed by atoms with Crippen molar-refractivity contribution in [1.82, 2.24) is 15.1 Å². The molecule has 0 spiro atoms. The summed E-state index contributed by atoms with van der Waals surface area (Å²) < 4.78 is 25.0. The molecule has 174 valence electrons. The molecule has 34 heavy (non-hydrogen) atoms. The van der Waals surface area contributed by atoms with E-state index in [2.05, 4.69) is 20.5 Å². The highest BCUT2D eigenvalue weighted by Crippen LogP contribution is 2.33. The number of amides is 2. The number of imide groups is 1. The van der Waals surface area contributed by atoms with E-state index in [0.29, 0.717) is 11.4 Å². The van der Waals surface area contributed by atoms with Crippen LogP contribution in [0.5, 0.6) is 5.75 Å². The highest BCUT2D eigenvalue weighted by Gasteiger charge is 2.55. The number of carbonyl (C=O) groups is 2. The molecule has 0 saturated carbocycles. The first kappa shape index (κ1) is 21.7. The third kappa shape index (κ3) is 3.78. The number of carbonyl (C=O) groups excluding carboxylic acids is 2. The van der Waals surface area contributed by atoms with Gasteiger partial charge in [-0.1, -0.05) is 16.4 Å². The third-order valence-corrected chi connectivity index (χ3v) is 5.52. The monoisotopic (exact) mass is 464 g/mol. The Bertz CT molecular complexity index is 1290. The summed E-state index contributed by atoms with van der Waals surface area (Å²) in [6.07, 6.45) is 0.0622. The van der Waals surface area contributed by atoms with E-state index in [1.165, 1.54) is 17.1 Å². The Balaban J connectivity index is 1.31. The van der Waals surface area contributed by atoms with Gasteiger partial charge in [0.25, 0.3) is 11.8 Å². The Morgan fingerprint density at radius 3 is 2.59 bits per heavy atom. The fraction of sp³-hybridized carbons (Fsp3) is 0.304. The number of anilines is 1. The van der Waals surface area contributed by atoms with Crippen LogP contribution in [0.3, 0.4) is 0 Å². The zero-order chi connectivity index (χ0) is 24.0. The Morgan fingerprint density at radius 2 is 1.88 bits per heavy atom. The summed E-state index contributed by atoms with van der Waals surface area (Å²) in [6.45, 7) is 5.48. The van der Waals surface area contributed by atoms with Crippen molar-refractivity contribution in [3.8, 4) is 17.1 Å². The number of ether oxygens (including phenoxy) is 1. The zero-order valence-corrected chi connectivity index (χ0v) is 18.7. The average molecular weight is 464 g/mol. The summed E-state index contributed by atoms with van der Waals surface area (Å²) >= 11 is 0. The van der Waals surface area contributed by atoms with Gasteiger partial charge in [-0.05, 0) is 62.7 Å². The van der Waals surface area contributed by atoms with Gasteiger partial charge < -0.3 is 9.26 Å². The van der Waals surface area contributed by atoms with Crippen molar-refractivity contribution in [3.05, 3.63) is 59.7 Å². The predicted octanol–water partition coefficient (Wildman–Crippen LogP) is 3.46. The van der Waals surface area contributed by atoms with E-state index in [9.17, 15) is 14.0 Å². The van der Waals surface area contributed by atoms with Crippen LogP contribution in [0.1, 0.15) is 25.3 Å². The number of fused-ring (bicyclic) bond motifs is 1. The summed E-state index contributed by atoms with van der Waals surface area (Å²) in [7, 11) is 0. The highest BCUT2D eigenvalue weighted by molar-refractivity contribution is 6.25. The van der Waals surface area contributed by atoms with Gasteiger partial charge in [0.1, 0.15) is 18.1 Å². The topological polar surface area (TPSA) is 113 Å². The van der Waals surface area contributed by atoms with Crippen LogP contribution in [0, 0.1) is 12.7 Å². The van der Waals surface area contributed by atoms with E-state index in [0.717, 1.165) is 22.3 Å². The third-order valence-electron chi connectivity index (χ3n) is 5.52. The van der Waals surface area contributed by atoms with Crippen LogP contribution in [-0.2, 0) is 16.1 Å². The molecule has 10 nitrogen and oxygen atoms in total. The molecule has 0 aliphatic carbocycles. The number of rotatable bonds is 6. The molecule has 1 saturated heterocycles. The van der Waals surface area contributed by atoms with Gasteiger partial charge in [-0.15, -0.1) is 0 Å². The van der Waals surface area contributed by atoms with Crippen molar-refractivity contribution in [2.45, 2.75) is 45.5 Å². The lowest BCUT2D eigenvalue weighted by Gasteiger charge is -2.19. The standard InChI is InChI=1S/C23H21FN6O4/c1-12(2)33-16-8-5-14(6-9-16)21-25-18(34-27-21)11-29-20-19(26-28-29)22(31)30(23(20)32)15-7-4-13(3)17(24)10-15/h4-10,12,19-20H,11H2,1-3H3/t19-,20+/m1/s1. The normalized spacial score (nSPS) is 19.4. The molecule has 5 rings (SSSR count). The molecular formula is C23H21FN6O4. The van der Waals surface area contributed by atoms with Gasteiger partial charge in [-0.25, -0.2) is 9.29 Å². The maximum atomic E-state index is 14.0. The lowest BCUT2D eigenvalue weighted by molar-refractivity contribution is -0.123. The zero-order valence-electron chi connectivity index (χ0n) is 18.7. The molecule has 3 heterocycles. The second-order valence-electron chi connectivity index (χ2n) is 8.34. The van der Waals surface area contributed by atoms with E-state index < -0.39 is 29.7 Å². The Kier molecular flexibility index (Phi) is 5.31. The number of nitrogens with zero attached hydrogens (tertiary/aromatic N) is 6. The molecule has 2 atom stereocenters. The smallest absolute Gasteiger partial charge is 0.263 e. The number of benzene rings is 2. The molecule has 2 amide bonds. The van der Waals surface area contributed by atoms with E-state index in [4.69, 9.17) is 9.26 Å². The largest absolute Gasteiger partial charge is 0.491 e. The van der Waals surface area contributed by atoms with E-state index in [1.54, 1.807) is 6.92 Å². The van der Waals surface area contributed by atoms with Gasteiger partial charge in [-0.3, -0.25) is 14.6 Å². The number of hydrogen-bond acceptors (Lipinski definition) is 9. The quantitative estimate of drug-likeness (QED) is 0.513. The van der Waals surface area contributed by atoms with Crippen LogP contribution in [0.2, 0.25) is 0 Å². The first-order valence-electron chi connectivity index (χ1n) is 10.7. The minimum absolute atomic E-state index is 0.0126. The molecule has 0 unspecified atom stereocenters. The molecule has 0 N–H and O–H groups in total. The fourth-order valence-corrected chi connectivity index (χ4v) is 3.86. The van der Waals surface area contributed by atoms with E-state index in [-0.39, 0.29) is 24.2 Å². The molecule has 2 aliphatic rings. The summed E-state index contributed by atoms with van der Waals surface area (Å²) in [6, 6.07) is 9.50. The van der Waals surface area contributed by atoms with Crippen molar-refractivity contribution >= 4 is 17.5 Å². The van der Waals surface area contributed by atoms with Crippen LogP contribution in [0.4, 0.5) is 10.1 Å². The van der Waals surface area contributed by atoms with Gasteiger partial charge in [0.05, 0.1) is 11.8 Å². The molecule has 2 aliphatic heterocycles. The Hall–Kier alpha value is -4.15. The van der Waals surface area contributed by atoms with Crippen molar-refractivity contribution < 1.29 is 23.2 Å². The summed E-state index contributed by atoms with van der Waals surface area (Å²) in [4.78, 5) is 31.2. The minimum Gasteiger partial charge on any atom is -0.491 e. The fourth-order valence-electron chi connectivity index (χ4n) is 3.86. The number of halogens is 1. The van der Waals surface area contributed by atoms with Crippen LogP contribution in [-0.4, -0.2) is 45.2 Å². The van der Waals surface area contributed by atoms with Crippen molar-refractivity contribution in [2.24, 2.45) is 10.3 Å². The second-order valence-corrected chi connectivity index (χ2v) is 8.34. The van der Waals surface area contributed by atoms with Gasteiger partial charge >= 0.3 is 0 Å². The summed E-state index contributed by atoms with van der Waals surface area (Å²) in [5.74, 6) is -0.297. The average Bonchev–Trinajstić information content (AvgIpc) is 3.49. The summed E-state index contributed by atoms with van der Waals surface area (Å²) in [5.41, 5.74) is 1.30. The molecule has 1 aromatic heterocycles. The number of hydrogen-bond donors (Lipinski definition) is 0. The second kappa shape index (κ2) is 8.32. The lowest BCUT2D eigenvalue weighted by atomic mass is 10.1. The number of aromatic nitrogens is 2. The molecular weight excluding hydrogens is 443 g/mol. The van der Waals surface area contributed by atoms with Crippen LogP contribution < -0.4 is 9.64 Å². The summed E-state index contributed by atoms with van der Waals surface area (Å²) in [5, 5.41) is 13.3. The molecule has 1 fully saturated rings.